The average molecular weight is 236 g/mol. The van der Waals surface area contributed by atoms with Crippen molar-refractivity contribution in [2.24, 2.45) is 5.92 Å². The van der Waals surface area contributed by atoms with Gasteiger partial charge in [0.05, 0.1) is 0 Å². The topological polar surface area (TPSA) is 0 Å². The Morgan fingerprint density at radius 1 is 1.44 bits per heavy atom. The zero-order chi connectivity index (χ0) is 11.9. The highest BCUT2D eigenvalue weighted by molar-refractivity contribution is 8.00. The van der Waals surface area contributed by atoms with E-state index >= 15 is 0 Å². The van der Waals surface area contributed by atoms with Gasteiger partial charge in [0.25, 0.3) is 0 Å². The second-order valence-corrected chi connectivity index (χ2v) is 6.09. The molecule has 0 radical (unpaired) electrons. The Morgan fingerprint density at radius 3 is 2.75 bits per heavy atom. The number of halogens is 1. The number of aryl methyl sites for hydroxylation is 1. The number of hydrogen-bond acceptors (Lipinski definition) is 1. The summed E-state index contributed by atoms with van der Waals surface area (Å²) in [6.45, 7) is 10.4. The van der Waals surface area contributed by atoms with Gasteiger partial charge < -0.3 is 0 Å². The van der Waals surface area contributed by atoms with E-state index in [0.29, 0.717) is 11.2 Å². The molecule has 0 fully saturated rings. The summed E-state index contributed by atoms with van der Waals surface area (Å²) in [6.07, 6.45) is 0.970. The Bertz CT molecular complexity index is 435. The molecule has 0 saturated heterocycles. The van der Waals surface area contributed by atoms with Crippen LogP contribution in [0.2, 0.25) is 0 Å². The maximum Gasteiger partial charge on any atom is 0.126 e. The first-order valence-electron chi connectivity index (χ1n) is 5.64. The van der Waals surface area contributed by atoms with Crippen LogP contribution >= 0.6 is 11.8 Å². The van der Waals surface area contributed by atoms with Crippen molar-refractivity contribution in [2.45, 2.75) is 37.3 Å². The SMILES string of the molecule is C=C1CC(C(C)C)Sc2cc(C)c(F)cc21. The van der Waals surface area contributed by atoms with Crippen molar-refractivity contribution in [3.63, 3.8) is 0 Å². The second-order valence-electron chi connectivity index (χ2n) is 4.81. The molecule has 0 spiro atoms. The first kappa shape index (κ1) is 11.7. The number of benzene rings is 1. The van der Waals surface area contributed by atoms with Crippen molar-refractivity contribution >= 4 is 17.3 Å². The Labute approximate surface area is 101 Å². The van der Waals surface area contributed by atoms with Gasteiger partial charge in [-0.1, -0.05) is 20.4 Å². The number of allylic oxidation sites excluding steroid dienone is 1. The molecule has 0 bridgehead atoms. The number of hydrogen-bond donors (Lipinski definition) is 0. The van der Waals surface area contributed by atoms with Crippen LogP contribution < -0.4 is 0 Å². The summed E-state index contributed by atoms with van der Waals surface area (Å²) in [5, 5.41) is 0.574. The Morgan fingerprint density at radius 2 is 2.12 bits per heavy atom. The number of thioether (sulfide) groups is 1. The van der Waals surface area contributed by atoms with Gasteiger partial charge in [-0.05, 0) is 48.1 Å². The lowest BCUT2D eigenvalue weighted by Gasteiger charge is -2.28. The lowest BCUT2D eigenvalue weighted by atomic mass is 9.96. The van der Waals surface area contributed by atoms with Crippen molar-refractivity contribution in [2.75, 3.05) is 0 Å². The van der Waals surface area contributed by atoms with Crippen molar-refractivity contribution < 1.29 is 4.39 Å². The van der Waals surface area contributed by atoms with E-state index in [-0.39, 0.29) is 5.82 Å². The maximum atomic E-state index is 13.5. The molecule has 1 heterocycles. The third-order valence-corrected chi connectivity index (χ3v) is 4.72. The van der Waals surface area contributed by atoms with E-state index in [0.717, 1.165) is 23.1 Å². The summed E-state index contributed by atoms with van der Waals surface area (Å²) < 4.78 is 13.5. The second kappa shape index (κ2) is 4.25. The minimum absolute atomic E-state index is 0.122. The molecule has 1 aromatic rings. The predicted octanol–water partition coefficient (Wildman–Crippen LogP) is 4.67. The van der Waals surface area contributed by atoms with Crippen LogP contribution in [0.4, 0.5) is 4.39 Å². The Kier molecular flexibility index (Phi) is 3.11. The Hall–Kier alpha value is -0.760. The fourth-order valence-electron chi connectivity index (χ4n) is 1.96. The molecule has 0 nitrogen and oxygen atoms in total. The molecule has 86 valence electrons. The summed E-state index contributed by atoms with van der Waals surface area (Å²) in [5.74, 6) is 0.503. The van der Waals surface area contributed by atoms with Crippen LogP contribution in [0.15, 0.2) is 23.6 Å². The monoisotopic (exact) mass is 236 g/mol. The quantitative estimate of drug-likeness (QED) is 0.683. The summed E-state index contributed by atoms with van der Waals surface area (Å²) in [6, 6.07) is 3.59. The molecule has 0 aliphatic carbocycles. The maximum absolute atomic E-state index is 13.5. The molecule has 2 heteroatoms. The zero-order valence-corrected chi connectivity index (χ0v) is 10.8. The highest BCUT2D eigenvalue weighted by atomic mass is 32.2. The van der Waals surface area contributed by atoms with Gasteiger partial charge in [0.1, 0.15) is 5.82 Å². The highest BCUT2D eigenvalue weighted by Gasteiger charge is 2.25. The van der Waals surface area contributed by atoms with Crippen LogP contribution in [0, 0.1) is 18.7 Å². The molecule has 1 unspecified atom stereocenters. The molecule has 0 amide bonds. The first-order chi connectivity index (χ1) is 7.49. The van der Waals surface area contributed by atoms with Crippen LogP contribution in [0.3, 0.4) is 0 Å². The molecule has 0 aromatic heterocycles. The predicted molar refractivity (Wildman–Crippen MR) is 69.3 cm³/mol. The number of fused-ring (bicyclic) bond motifs is 1. The number of rotatable bonds is 1. The molecule has 1 aromatic carbocycles. The van der Waals surface area contributed by atoms with Gasteiger partial charge in [-0.25, -0.2) is 4.39 Å². The van der Waals surface area contributed by atoms with Crippen LogP contribution in [0.25, 0.3) is 5.57 Å². The smallest absolute Gasteiger partial charge is 0.126 e. The summed E-state index contributed by atoms with van der Waals surface area (Å²) >= 11 is 1.86. The molecule has 2 rings (SSSR count). The third-order valence-electron chi connectivity index (χ3n) is 3.11. The van der Waals surface area contributed by atoms with Crippen LogP contribution in [0.1, 0.15) is 31.4 Å². The van der Waals surface area contributed by atoms with Crippen LogP contribution in [-0.2, 0) is 0 Å². The summed E-state index contributed by atoms with van der Waals surface area (Å²) in [5.41, 5.74) is 2.81. The lowest BCUT2D eigenvalue weighted by molar-refractivity contribution is 0.605. The van der Waals surface area contributed by atoms with E-state index in [9.17, 15) is 4.39 Å². The van der Waals surface area contributed by atoms with Gasteiger partial charge in [0, 0.05) is 10.1 Å². The van der Waals surface area contributed by atoms with Crippen LogP contribution in [0.5, 0.6) is 0 Å². The van der Waals surface area contributed by atoms with Gasteiger partial charge in [-0.3, -0.25) is 0 Å². The average Bonchev–Trinajstić information content (AvgIpc) is 2.20. The largest absolute Gasteiger partial charge is 0.207 e. The third kappa shape index (κ3) is 2.03. The molecule has 16 heavy (non-hydrogen) atoms. The van der Waals surface area contributed by atoms with Gasteiger partial charge in [0.15, 0.2) is 0 Å². The fourth-order valence-corrected chi connectivity index (χ4v) is 3.42. The first-order valence-corrected chi connectivity index (χ1v) is 6.52. The van der Waals surface area contributed by atoms with Gasteiger partial charge >= 0.3 is 0 Å². The van der Waals surface area contributed by atoms with Crippen molar-refractivity contribution in [3.05, 3.63) is 35.7 Å². The van der Waals surface area contributed by atoms with E-state index in [2.05, 4.69) is 20.4 Å². The van der Waals surface area contributed by atoms with E-state index in [4.69, 9.17) is 0 Å². The summed E-state index contributed by atoms with van der Waals surface area (Å²) in [7, 11) is 0. The highest BCUT2D eigenvalue weighted by Crippen LogP contribution is 2.44. The zero-order valence-electron chi connectivity index (χ0n) is 10.0. The van der Waals surface area contributed by atoms with Crippen molar-refractivity contribution in [1.29, 1.82) is 0 Å². The standard InChI is InChI=1S/C14H17FS/c1-8(2)13-5-9(3)11-7-12(15)10(4)6-14(11)16-13/h6-8,13H,3,5H2,1-2,4H3. The van der Waals surface area contributed by atoms with Crippen molar-refractivity contribution in [3.8, 4) is 0 Å². The van der Waals surface area contributed by atoms with E-state index in [1.807, 2.05) is 24.8 Å². The Balaban J connectivity index is 2.43. The lowest BCUT2D eigenvalue weighted by Crippen LogP contribution is -2.16. The van der Waals surface area contributed by atoms with Gasteiger partial charge in [-0.15, -0.1) is 11.8 Å². The van der Waals surface area contributed by atoms with E-state index < -0.39 is 0 Å². The molecule has 1 atom stereocenters. The molecular weight excluding hydrogens is 219 g/mol. The minimum atomic E-state index is -0.122. The molecule has 0 N–H and O–H groups in total. The normalized spacial score (nSPS) is 20.1. The van der Waals surface area contributed by atoms with Crippen LogP contribution in [-0.4, -0.2) is 5.25 Å². The minimum Gasteiger partial charge on any atom is -0.207 e. The van der Waals surface area contributed by atoms with Gasteiger partial charge in [0.2, 0.25) is 0 Å². The molecular formula is C14H17FS. The van der Waals surface area contributed by atoms with E-state index in [1.54, 1.807) is 6.07 Å². The molecule has 1 aliphatic rings. The van der Waals surface area contributed by atoms with E-state index in [1.165, 1.54) is 4.90 Å². The van der Waals surface area contributed by atoms with Crippen molar-refractivity contribution in [1.82, 2.24) is 0 Å². The molecule has 0 saturated carbocycles. The summed E-state index contributed by atoms with van der Waals surface area (Å²) in [4.78, 5) is 1.19. The fraction of sp³-hybridized carbons (Fsp3) is 0.429. The molecule has 1 aliphatic heterocycles. The van der Waals surface area contributed by atoms with Gasteiger partial charge in [-0.2, -0.15) is 0 Å².